The average molecular weight is 375 g/mol. The van der Waals surface area contributed by atoms with Crippen molar-refractivity contribution in [3.8, 4) is 17.2 Å². The van der Waals surface area contributed by atoms with Crippen LogP contribution >= 0.6 is 0 Å². The number of anilines is 1. The molecule has 0 amide bonds. The van der Waals surface area contributed by atoms with Gasteiger partial charge in [-0.2, -0.15) is 0 Å². The van der Waals surface area contributed by atoms with Crippen LogP contribution in [0.1, 0.15) is 22.3 Å². The summed E-state index contributed by atoms with van der Waals surface area (Å²) < 4.78 is 45.7. The number of rotatable bonds is 4. The van der Waals surface area contributed by atoms with Gasteiger partial charge in [-0.3, -0.25) is 4.72 Å². The Morgan fingerprint density at radius 3 is 2.54 bits per heavy atom. The van der Waals surface area contributed by atoms with Crippen LogP contribution in [0.3, 0.4) is 0 Å². The third kappa shape index (κ3) is 2.67. The summed E-state index contributed by atoms with van der Waals surface area (Å²) in [6.07, 6.45) is 1.39. The van der Waals surface area contributed by atoms with E-state index in [9.17, 15) is 8.42 Å². The quantitative estimate of drug-likeness (QED) is 0.889. The summed E-state index contributed by atoms with van der Waals surface area (Å²) in [5, 5.41) is 0. The number of hydrogen-bond acceptors (Lipinski definition) is 5. The highest BCUT2D eigenvalue weighted by molar-refractivity contribution is 7.92. The molecule has 7 heteroatoms. The van der Waals surface area contributed by atoms with Crippen molar-refractivity contribution in [3.63, 3.8) is 0 Å². The number of aryl methyl sites for hydroxylation is 2. The third-order valence-corrected chi connectivity index (χ3v) is 6.33. The van der Waals surface area contributed by atoms with Crippen molar-refractivity contribution in [2.45, 2.75) is 31.6 Å². The molecule has 26 heavy (non-hydrogen) atoms. The Labute approximate surface area is 153 Å². The van der Waals surface area contributed by atoms with Crippen LogP contribution in [-0.4, -0.2) is 28.7 Å². The summed E-state index contributed by atoms with van der Waals surface area (Å²) in [6, 6.07) is 5.33. The van der Waals surface area contributed by atoms with Crippen LogP contribution in [0.25, 0.3) is 0 Å². The highest BCUT2D eigenvalue weighted by atomic mass is 32.2. The average Bonchev–Trinajstić information content (AvgIpc) is 3.25. The van der Waals surface area contributed by atoms with Crippen molar-refractivity contribution in [3.05, 3.63) is 40.5 Å². The predicted molar refractivity (Wildman–Crippen MR) is 98.1 cm³/mol. The van der Waals surface area contributed by atoms with Crippen LogP contribution in [0, 0.1) is 13.8 Å². The number of hydrogen-bond donors (Lipinski definition) is 1. The van der Waals surface area contributed by atoms with Gasteiger partial charge in [0.15, 0.2) is 0 Å². The molecular weight excluding hydrogens is 354 g/mol. The van der Waals surface area contributed by atoms with Crippen molar-refractivity contribution >= 4 is 15.7 Å². The summed E-state index contributed by atoms with van der Waals surface area (Å²) in [6.45, 7) is 4.88. The van der Waals surface area contributed by atoms with Crippen LogP contribution in [0.15, 0.2) is 23.1 Å². The SMILES string of the molecule is COc1cc(C)c(C)cc1S(=O)(=O)Nc1c2c(cc3c1OCC3)OCC2. The maximum Gasteiger partial charge on any atom is 0.265 e. The second-order valence-corrected chi connectivity index (χ2v) is 8.26. The van der Waals surface area contributed by atoms with Gasteiger partial charge >= 0.3 is 0 Å². The van der Waals surface area contributed by atoms with E-state index in [0.717, 1.165) is 34.4 Å². The Morgan fingerprint density at radius 1 is 1.04 bits per heavy atom. The molecule has 138 valence electrons. The molecule has 0 bridgehead atoms. The Hall–Kier alpha value is -2.41. The normalized spacial score (nSPS) is 15.0. The summed E-state index contributed by atoms with van der Waals surface area (Å²) in [5.74, 6) is 1.67. The van der Waals surface area contributed by atoms with Gasteiger partial charge in [-0.15, -0.1) is 0 Å². The molecule has 0 saturated carbocycles. The minimum atomic E-state index is -3.85. The Morgan fingerprint density at radius 2 is 1.77 bits per heavy atom. The van der Waals surface area contributed by atoms with E-state index in [0.29, 0.717) is 36.8 Å². The van der Waals surface area contributed by atoms with Crippen LogP contribution in [-0.2, 0) is 22.9 Å². The van der Waals surface area contributed by atoms with Crippen molar-refractivity contribution in [2.24, 2.45) is 0 Å². The first-order valence-electron chi connectivity index (χ1n) is 8.53. The van der Waals surface area contributed by atoms with E-state index in [4.69, 9.17) is 14.2 Å². The fourth-order valence-electron chi connectivity index (χ4n) is 3.42. The second kappa shape index (κ2) is 6.09. The van der Waals surface area contributed by atoms with Gasteiger partial charge < -0.3 is 14.2 Å². The van der Waals surface area contributed by atoms with E-state index in [2.05, 4.69) is 4.72 Å². The first-order valence-corrected chi connectivity index (χ1v) is 10.0. The van der Waals surface area contributed by atoms with Gasteiger partial charge in [0.2, 0.25) is 0 Å². The Bertz CT molecular complexity index is 965. The lowest BCUT2D eigenvalue weighted by atomic mass is 10.0. The molecule has 2 aliphatic rings. The van der Waals surface area contributed by atoms with E-state index in [1.54, 1.807) is 12.1 Å². The van der Waals surface area contributed by atoms with Crippen LogP contribution in [0.5, 0.6) is 17.2 Å². The molecule has 0 aromatic heterocycles. The van der Waals surface area contributed by atoms with Gasteiger partial charge in [0.1, 0.15) is 22.1 Å². The fourth-order valence-corrected chi connectivity index (χ4v) is 4.75. The summed E-state index contributed by atoms with van der Waals surface area (Å²) >= 11 is 0. The van der Waals surface area contributed by atoms with Gasteiger partial charge in [0.25, 0.3) is 10.0 Å². The third-order valence-electron chi connectivity index (χ3n) is 4.96. The molecule has 2 aromatic carbocycles. The van der Waals surface area contributed by atoms with E-state index >= 15 is 0 Å². The molecule has 1 N–H and O–H groups in total. The summed E-state index contributed by atoms with van der Waals surface area (Å²) in [4.78, 5) is 0.117. The minimum Gasteiger partial charge on any atom is -0.495 e. The summed E-state index contributed by atoms with van der Waals surface area (Å²) in [7, 11) is -2.38. The zero-order valence-corrected chi connectivity index (χ0v) is 15.8. The number of ether oxygens (including phenoxy) is 3. The second-order valence-electron chi connectivity index (χ2n) is 6.61. The number of fused-ring (bicyclic) bond motifs is 2. The highest BCUT2D eigenvalue weighted by Crippen LogP contribution is 2.45. The Balaban J connectivity index is 1.83. The zero-order valence-electron chi connectivity index (χ0n) is 15.0. The largest absolute Gasteiger partial charge is 0.495 e. The molecule has 0 unspecified atom stereocenters. The van der Waals surface area contributed by atoms with Crippen molar-refractivity contribution in [1.82, 2.24) is 0 Å². The van der Waals surface area contributed by atoms with Gasteiger partial charge in [0.05, 0.1) is 26.0 Å². The molecule has 0 saturated heterocycles. The van der Waals surface area contributed by atoms with E-state index < -0.39 is 10.0 Å². The first kappa shape index (κ1) is 17.0. The molecule has 6 nitrogen and oxygen atoms in total. The molecular formula is C19H21NO5S. The van der Waals surface area contributed by atoms with Gasteiger partial charge in [-0.25, -0.2) is 8.42 Å². The van der Waals surface area contributed by atoms with Crippen LogP contribution in [0.4, 0.5) is 5.69 Å². The van der Waals surface area contributed by atoms with Crippen molar-refractivity contribution in [2.75, 3.05) is 25.0 Å². The maximum absolute atomic E-state index is 13.2. The van der Waals surface area contributed by atoms with E-state index in [1.165, 1.54) is 7.11 Å². The highest BCUT2D eigenvalue weighted by Gasteiger charge is 2.30. The molecule has 4 rings (SSSR count). The monoisotopic (exact) mass is 375 g/mol. The first-order chi connectivity index (χ1) is 12.4. The fraction of sp³-hybridized carbons (Fsp3) is 0.368. The summed E-state index contributed by atoms with van der Waals surface area (Å²) in [5.41, 5.74) is 4.16. The van der Waals surface area contributed by atoms with Gasteiger partial charge in [0, 0.05) is 24.0 Å². The van der Waals surface area contributed by atoms with Crippen molar-refractivity contribution in [1.29, 1.82) is 0 Å². The smallest absolute Gasteiger partial charge is 0.265 e. The molecule has 0 radical (unpaired) electrons. The lowest BCUT2D eigenvalue weighted by Gasteiger charge is -2.17. The molecule has 2 aromatic rings. The standard InChI is InChI=1S/C19H21NO5S/c1-11-8-16(23-3)17(9-12(11)2)26(21,22)20-18-14-5-7-24-15(14)10-13-4-6-25-19(13)18/h8-10,20H,4-7H2,1-3H3. The zero-order chi connectivity index (χ0) is 18.5. The molecule has 0 spiro atoms. The van der Waals surface area contributed by atoms with Gasteiger partial charge in [-0.1, -0.05) is 0 Å². The minimum absolute atomic E-state index is 0.117. The van der Waals surface area contributed by atoms with Crippen LogP contribution < -0.4 is 18.9 Å². The van der Waals surface area contributed by atoms with E-state index in [1.807, 2.05) is 19.9 Å². The molecule has 0 aliphatic carbocycles. The van der Waals surface area contributed by atoms with Crippen molar-refractivity contribution < 1.29 is 22.6 Å². The topological polar surface area (TPSA) is 73.9 Å². The molecule has 2 aliphatic heterocycles. The molecule has 0 atom stereocenters. The lowest BCUT2D eigenvalue weighted by molar-refractivity contribution is 0.356. The lowest BCUT2D eigenvalue weighted by Crippen LogP contribution is -2.16. The molecule has 2 heterocycles. The number of benzene rings is 2. The predicted octanol–water partition coefficient (Wildman–Crippen LogP) is 2.98. The Kier molecular flexibility index (Phi) is 3.99. The molecule has 0 fully saturated rings. The number of sulfonamides is 1. The van der Waals surface area contributed by atoms with E-state index in [-0.39, 0.29) is 4.90 Å². The number of nitrogens with one attached hydrogen (secondary N) is 1. The number of methoxy groups -OCH3 is 1. The van der Waals surface area contributed by atoms with Gasteiger partial charge in [-0.05, 0) is 43.2 Å². The van der Waals surface area contributed by atoms with Crippen LogP contribution in [0.2, 0.25) is 0 Å². The maximum atomic E-state index is 13.2.